The number of hydrogen-bond donors (Lipinski definition) is 1. The SMILES string of the molecule is O=C(CN1c2ccc(F)cc2-c2ccccc2S1(=O)=O)Nc1ccc(F)c(F)c1. The van der Waals surface area contributed by atoms with Gasteiger partial charge in [0.25, 0.3) is 10.0 Å². The molecule has 1 aliphatic heterocycles. The fourth-order valence-electron chi connectivity index (χ4n) is 3.18. The molecule has 0 radical (unpaired) electrons. The van der Waals surface area contributed by atoms with Gasteiger partial charge in [-0.1, -0.05) is 18.2 Å². The van der Waals surface area contributed by atoms with Crippen molar-refractivity contribution < 1.29 is 26.4 Å². The molecule has 1 amide bonds. The number of rotatable bonds is 3. The third kappa shape index (κ3) is 3.33. The third-order valence-corrected chi connectivity index (χ3v) is 6.28. The Morgan fingerprint density at radius 3 is 2.41 bits per heavy atom. The van der Waals surface area contributed by atoms with Gasteiger partial charge in [0.15, 0.2) is 11.6 Å². The van der Waals surface area contributed by atoms with Gasteiger partial charge in [-0.25, -0.2) is 21.6 Å². The summed E-state index contributed by atoms with van der Waals surface area (Å²) in [5, 5.41) is 2.34. The largest absolute Gasteiger partial charge is 0.324 e. The van der Waals surface area contributed by atoms with E-state index in [9.17, 15) is 26.4 Å². The van der Waals surface area contributed by atoms with E-state index >= 15 is 0 Å². The Morgan fingerprint density at radius 1 is 0.897 bits per heavy atom. The Labute approximate surface area is 164 Å². The van der Waals surface area contributed by atoms with E-state index in [1.807, 2.05) is 0 Å². The van der Waals surface area contributed by atoms with Crippen LogP contribution in [-0.2, 0) is 14.8 Å². The molecular weight excluding hydrogens is 405 g/mol. The van der Waals surface area contributed by atoms with Crippen molar-refractivity contribution >= 4 is 27.3 Å². The zero-order chi connectivity index (χ0) is 20.8. The van der Waals surface area contributed by atoms with Gasteiger partial charge in [-0.3, -0.25) is 9.10 Å². The van der Waals surface area contributed by atoms with Crippen molar-refractivity contribution in [1.29, 1.82) is 0 Å². The molecule has 0 aliphatic carbocycles. The first-order chi connectivity index (χ1) is 13.8. The molecule has 148 valence electrons. The van der Waals surface area contributed by atoms with E-state index < -0.39 is 39.9 Å². The summed E-state index contributed by atoms with van der Waals surface area (Å²) in [6.07, 6.45) is 0. The van der Waals surface area contributed by atoms with Crippen molar-refractivity contribution in [2.24, 2.45) is 0 Å². The van der Waals surface area contributed by atoms with Crippen molar-refractivity contribution in [3.8, 4) is 11.1 Å². The molecule has 9 heteroatoms. The molecule has 0 fully saturated rings. The van der Waals surface area contributed by atoms with E-state index in [4.69, 9.17) is 0 Å². The number of nitrogens with zero attached hydrogens (tertiary/aromatic N) is 1. The maximum atomic E-state index is 13.8. The van der Waals surface area contributed by atoms with Crippen LogP contribution >= 0.6 is 0 Å². The van der Waals surface area contributed by atoms with Crippen LogP contribution in [-0.4, -0.2) is 20.9 Å². The molecule has 3 aromatic carbocycles. The van der Waals surface area contributed by atoms with Crippen molar-refractivity contribution in [1.82, 2.24) is 0 Å². The average Bonchev–Trinajstić information content (AvgIpc) is 2.68. The van der Waals surface area contributed by atoms with E-state index in [0.717, 1.165) is 28.6 Å². The molecule has 0 saturated heterocycles. The van der Waals surface area contributed by atoms with Gasteiger partial charge in [0.2, 0.25) is 5.91 Å². The van der Waals surface area contributed by atoms with Gasteiger partial charge in [0.1, 0.15) is 12.4 Å². The van der Waals surface area contributed by atoms with Crippen molar-refractivity contribution in [3.63, 3.8) is 0 Å². The van der Waals surface area contributed by atoms with Gasteiger partial charge in [-0.2, -0.15) is 0 Å². The smallest absolute Gasteiger partial charge is 0.265 e. The molecule has 29 heavy (non-hydrogen) atoms. The minimum Gasteiger partial charge on any atom is -0.324 e. The zero-order valence-corrected chi connectivity index (χ0v) is 15.5. The van der Waals surface area contributed by atoms with Gasteiger partial charge in [-0.15, -0.1) is 0 Å². The number of carbonyl (C=O) groups is 1. The topological polar surface area (TPSA) is 66.5 Å². The van der Waals surface area contributed by atoms with E-state index in [1.165, 1.54) is 24.3 Å². The molecule has 5 nitrogen and oxygen atoms in total. The summed E-state index contributed by atoms with van der Waals surface area (Å²) in [6.45, 7) is -0.631. The lowest BCUT2D eigenvalue weighted by Gasteiger charge is -2.31. The van der Waals surface area contributed by atoms with E-state index in [0.29, 0.717) is 11.1 Å². The summed E-state index contributed by atoms with van der Waals surface area (Å²) < 4.78 is 67.2. The predicted molar refractivity (Wildman–Crippen MR) is 101 cm³/mol. The standard InChI is InChI=1S/C20H13F3N2O3S/c21-12-5-8-18-15(9-12)14-3-1-2-4-19(14)29(27,28)25(18)11-20(26)24-13-6-7-16(22)17(23)10-13/h1-10H,11H2,(H,24,26). The first-order valence-corrected chi connectivity index (χ1v) is 9.88. The molecule has 0 aromatic heterocycles. The molecule has 3 aromatic rings. The highest BCUT2D eigenvalue weighted by Crippen LogP contribution is 2.43. The molecule has 0 saturated carbocycles. The Bertz CT molecular complexity index is 1250. The predicted octanol–water partition coefficient (Wildman–Crippen LogP) is 3.92. The summed E-state index contributed by atoms with van der Waals surface area (Å²) >= 11 is 0. The molecule has 0 bridgehead atoms. The van der Waals surface area contributed by atoms with Gasteiger partial charge >= 0.3 is 0 Å². The van der Waals surface area contributed by atoms with E-state index in [1.54, 1.807) is 12.1 Å². The van der Waals surface area contributed by atoms with Gasteiger partial charge in [0, 0.05) is 22.9 Å². The molecule has 1 aliphatic rings. The van der Waals surface area contributed by atoms with Crippen molar-refractivity contribution in [3.05, 3.63) is 78.1 Å². The summed E-state index contributed by atoms with van der Waals surface area (Å²) in [7, 11) is -4.10. The van der Waals surface area contributed by atoms with Crippen LogP contribution in [0, 0.1) is 17.5 Å². The van der Waals surface area contributed by atoms with Crippen LogP contribution in [0.1, 0.15) is 0 Å². The van der Waals surface area contributed by atoms with Gasteiger partial charge in [0.05, 0.1) is 10.6 Å². The Hall–Kier alpha value is -3.33. The Kier molecular flexibility index (Phi) is 4.54. The van der Waals surface area contributed by atoms with Gasteiger partial charge in [-0.05, 0) is 36.4 Å². The second kappa shape index (κ2) is 6.93. The van der Waals surface area contributed by atoms with Crippen LogP contribution in [0.3, 0.4) is 0 Å². The summed E-state index contributed by atoms with van der Waals surface area (Å²) in [4.78, 5) is 12.4. The highest BCUT2D eigenvalue weighted by molar-refractivity contribution is 7.93. The molecule has 4 rings (SSSR count). The Balaban J connectivity index is 1.72. The maximum Gasteiger partial charge on any atom is 0.265 e. The molecule has 0 unspecified atom stereocenters. The lowest BCUT2D eigenvalue weighted by molar-refractivity contribution is -0.114. The first kappa shape index (κ1) is 19.0. The number of carbonyl (C=O) groups excluding carboxylic acids is 1. The number of benzene rings is 3. The highest BCUT2D eigenvalue weighted by Gasteiger charge is 2.36. The molecule has 1 heterocycles. The first-order valence-electron chi connectivity index (χ1n) is 8.44. The molecule has 1 N–H and O–H groups in total. The molecule has 0 spiro atoms. The minimum absolute atomic E-state index is 0.0250. The van der Waals surface area contributed by atoms with Crippen molar-refractivity contribution in [2.75, 3.05) is 16.2 Å². The van der Waals surface area contributed by atoms with Crippen LogP contribution in [0.4, 0.5) is 24.5 Å². The van der Waals surface area contributed by atoms with E-state index in [2.05, 4.69) is 5.32 Å². The highest BCUT2D eigenvalue weighted by atomic mass is 32.2. The Morgan fingerprint density at radius 2 is 1.66 bits per heavy atom. The zero-order valence-electron chi connectivity index (χ0n) is 14.7. The third-order valence-electron chi connectivity index (χ3n) is 4.46. The maximum absolute atomic E-state index is 13.8. The van der Waals surface area contributed by atoms with Crippen LogP contribution in [0.2, 0.25) is 0 Å². The monoisotopic (exact) mass is 418 g/mol. The van der Waals surface area contributed by atoms with Crippen LogP contribution in [0.25, 0.3) is 11.1 Å². The number of anilines is 2. The fourth-order valence-corrected chi connectivity index (χ4v) is 4.83. The van der Waals surface area contributed by atoms with Gasteiger partial charge < -0.3 is 5.32 Å². The summed E-state index contributed by atoms with van der Waals surface area (Å²) in [6, 6.07) is 12.5. The number of amides is 1. The van der Waals surface area contributed by atoms with Crippen LogP contribution < -0.4 is 9.62 Å². The van der Waals surface area contributed by atoms with Crippen LogP contribution in [0.5, 0.6) is 0 Å². The number of nitrogens with one attached hydrogen (secondary N) is 1. The molecular formula is C20H13F3N2O3S. The number of hydrogen-bond acceptors (Lipinski definition) is 3. The minimum atomic E-state index is -4.10. The molecule has 0 atom stereocenters. The second-order valence-corrected chi connectivity index (χ2v) is 8.18. The second-order valence-electron chi connectivity index (χ2n) is 6.35. The van der Waals surface area contributed by atoms with Crippen LogP contribution in [0.15, 0.2) is 65.6 Å². The number of sulfonamides is 1. The van der Waals surface area contributed by atoms with Crippen molar-refractivity contribution in [2.45, 2.75) is 4.90 Å². The fraction of sp³-hybridized carbons (Fsp3) is 0.0500. The number of halogens is 3. The average molecular weight is 418 g/mol. The normalized spacial score (nSPS) is 14.1. The lowest BCUT2D eigenvalue weighted by Crippen LogP contribution is -2.40. The quantitative estimate of drug-likeness (QED) is 0.701. The van der Waals surface area contributed by atoms with E-state index in [-0.39, 0.29) is 16.3 Å². The number of fused-ring (bicyclic) bond motifs is 3. The lowest BCUT2D eigenvalue weighted by atomic mass is 10.0. The summed E-state index contributed by atoms with van der Waals surface area (Å²) in [5.41, 5.74) is 0.781. The summed E-state index contributed by atoms with van der Waals surface area (Å²) in [5.74, 6) is -3.55.